The van der Waals surface area contributed by atoms with Gasteiger partial charge in [0.05, 0.1) is 6.54 Å². The van der Waals surface area contributed by atoms with Crippen LogP contribution >= 0.6 is 0 Å². The molecule has 1 fully saturated rings. The van der Waals surface area contributed by atoms with E-state index in [1.54, 1.807) is 0 Å². The smallest absolute Gasteiger partial charge is 0.231 e. The van der Waals surface area contributed by atoms with E-state index in [4.69, 9.17) is 11.5 Å². The van der Waals surface area contributed by atoms with Crippen molar-refractivity contribution >= 4 is 5.91 Å². The number of nitrogens with zero attached hydrogens (tertiary/aromatic N) is 1. The van der Waals surface area contributed by atoms with Crippen molar-refractivity contribution < 1.29 is 4.79 Å². The molecule has 0 bridgehead atoms. The number of primary amides is 1. The molecule has 4 nitrogen and oxygen atoms in total. The second kappa shape index (κ2) is 2.98. The summed E-state index contributed by atoms with van der Waals surface area (Å²) in [6, 6.07) is 0.236. The van der Waals surface area contributed by atoms with Gasteiger partial charge in [0.2, 0.25) is 5.91 Å². The number of hydrogen-bond donors (Lipinski definition) is 2. The summed E-state index contributed by atoms with van der Waals surface area (Å²) in [7, 11) is 0. The van der Waals surface area contributed by atoms with E-state index < -0.39 is 0 Å². The molecule has 1 atom stereocenters. The normalized spacial score (nSPS) is 27.1. The number of carbonyl (C=O) groups excluding carboxylic acids is 1. The highest BCUT2D eigenvalue weighted by Crippen LogP contribution is 2.04. The number of likely N-dealkylation sites (tertiary alicyclic amines) is 1. The third-order valence-corrected chi connectivity index (χ3v) is 1.69. The number of amides is 1. The molecule has 0 aromatic carbocycles. The fraction of sp³-hybridized carbons (Fsp3) is 0.833. The molecule has 58 valence electrons. The molecule has 1 saturated heterocycles. The predicted octanol–water partition coefficient (Wildman–Crippen LogP) is -1.50. The Hall–Kier alpha value is -0.610. The van der Waals surface area contributed by atoms with Crippen molar-refractivity contribution in [2.75, 3.05) is 19.6 Å². The molecule has 1 aliphatic rings. The maximum absolute atomic E-state index is 10.4. The summed E-state index contributed by atoms with van der Waals surface area (Å²) >= 11 is 0. The van der Waals surface area contributed by atoms with Crippen molar-refractivity contribution in [3.63, 3.8) is 0 Å². The molecule has 0 unspecified atom stereocenters. The second-order valence-corrected chi connectivity index (χ2v) is 2.75. The van der Waals surface area contributed by atoms with Crippen LogP contribution in [0.2, 0.25) is 0 Å². The van der Waals surface area contributed by atoms with Gasteiger partial charge in [-0.3, -0.25) is 9.69 Å². The maximum Gasteiger partial charge on any atom is 0.231 e. The van der Waals surface area contributed by atoms with E-state index in [2.05, 4.69) is 0 Å². The largest absolute Gasteiger partial charge is 0.369 e. The Kier molecular flexibility index (Phi) is 2.24. The average molecular weight is 143 g/mol. The first-order chi connectivity index (χ1) is 4.68. The van der Waals surface area contributed by atoms with Gasteiger partial charge in [0.15, 0.2) is 0 Å². The van der Waals surface area contributed by atoms with Gasteiger partial charge in [-0.25, -0.2) is 0 Å². The quantitative estimate of drug-likeness (QED) is 0.494. The van der Waals surface area contributed by atoms with E-state index in [1.165, 1.54) is 0 Å². The van der Waals surface area contributed by atoms with Gasteiger partial charge in [0.1, 0.15) is 0 Å². The van der Waals surface area contributed by atoms with Gasteiger partial charge in [-0.1, -0.05) is 0 Å². The van der Waals surface area contributed by atoms with Crippen molar-refractivity contribution in [3.8, 4) is 0 Å². The summed E-state index contributed by atoms with van der Waals surface area (Å²) < 4.78 is 0. The minimum atomic E-state index is -0.269. The molecule has 1 aliphatic heterocycles. The van der Waals surface area contributed by atoms with Crippen LogP contribution in [-0.2, 0) is 4.79 Å². The Labute approximate surface area is 60.2 Å². The highest BCUT2D eigenvalue weighted by Gasteiger charge is 2.19. The number of carbonyl (C=O) groups is 1. The van der Waals surface area contributed by atoms with Gasteiger partial charge in [0.25, 0.3) is 0 Å². The zero-order valence-electron chi connectivity index (χ0n) is 5.92. The van der Waals surface area contributed by atoms with Gasteiger partial charge in [-0.15, -0.1) is 0 Å². The van der Waals surface area contributed by atoms with Crippen molar-refractivity contribution in [1.82, 2.24) is 4.90 Å². The van der Waals surface area contributed by atoms with Gasteiger partial charge >= 0.3 is 0 Å². The first-order valence-corrected chi connectivity index (χ1v) is 3.44. The standard InChI is InChI=1S/C6H13N3O/c7-5-1-2-9(3-5)4-6(8)10/h5H,1-4,7H2,(H2,8,10)/t5-/m0/s1. The zero-order valence-corrected chi connectivity index (χ0v) is 5.92. The SMILES string of the molecule is NC(=O)CN1CC[C@H](N)C1. The molecule has 0 radical (unpaired) electrons. The summed E-state index contributed by atoms with van der Waals surface area (Å²) in [4.78, 5) is 12.4. The van der Waals surface area contributed by atoms with Gasteiger partial charge in [-0.2, -0.15) is 0 Å². The fourth-order valence-corrected chi connectivity index (χ4v) is 1.23. The molecule has 0 aromatic rings. The highest BCUT2D eigenvalue weighted by atomic mass is 16.1. The van der Waals surface area contributed by atoms with Crippen molar-refractivity contribution in [3.05, 3.63) is 0 Å². The number of nitrogens with two attached hydrogens (primary N) is 2. The average Bonchev–Trinajstić information content (AvgIpc) is 2.13. The van der Waals surface area contributed by atoms with Crippen LogP contribution in [-0.4, -0.2) is 36.5 Å². The van der Waals surface area contributed by atoms with E-state index in [0.717, 1.165) is 19.5 Å². The Balaban J connectivity index is 2.24. The Morgan fingerprint density at radius 3 is 2.80 bits per heavy atom. The molecule has 0 aliphatic carbocycles. The minimum absolute atomic E-state index is 0.236. The molecule has 1 rings (SSSR count). The number of rotatable bonds is 2. The summed E-state index contributed by atoms with van der Waals surface area (Å²) in [5, 5.41) is 0. The van der Waals surface area contributed by atoms with Gasteiger partial charge in [0, 0.05) is 19.1 Å². The van der Waals surface area contributed by atoms with E-state index in [-0.39, 0.29) is 11.9 Å². The summed E-state index contributed by atoms with van der Waals surface area (Å²) in [5.74, 6) is -0.269. The summed E-state index contributed by atoms with van der Waals surface area (Å²) in [6.07, 6.45) is 0.979. The molecule has 4 heteroatoms. The first-order valence-electron chi connectivity index (χ1n) is 3.44. The Morgan fingerprint density at radius 2 is 2.40 bits per heavy atom. The molecule has 0 aromatic heterocycles. The Morgan fingerprint density at radius 1 is 1.70 bits per heavy atom. The van der Waals surface area contributed by atoms with Crippen molar-refractivity contribution in [1.29, 1.82) is 0 Å². The van der Waals surface area contributed by atoms with Gasteiger partial charge in [-0.05, 0) is 6.42 Å². The molecule has 0 spiro atoms. The molecule has 1 amide bonds. The van der Waals surface area contributed by atoms with Crippen LogP contribution in [0.4, 0.5) is 0 Å². The second-order valence-electron chi connectivity index (χ2n) is 2.75. The topological polar surface area (TPSA) is 72.4 Å². The van der Waals surface area contributed by atoms with Crippen LogP contribution in [0.3, 0.4) is 0 Å². The van der Waals surface area contributed by atoms with Crippen LogP contribution in [0, 0.1) is 0 Å². The van der Waals surface area contributed by atoms with Crippen LogP contribution in [0.25, 0.3) is 0 Å². The lowest BCUT2D eigenvalue weighted by atomic mass is 10.3. The van der Waals surface area contributed by atoms with E-state index in [0.29, 0.717) is 6.54 Å². The lowest BCUT2D eigenvalue weighted by Crippen LogP contribution is -2.34. The molecule has 1 heterocycles. The monoisotopic (exact) mass is 143 g/mol. The first kappa shape index (κ1) is 7.50. The zero-order chi connectivity index (χ0) is 7.56. The third-order valence-electron chi connectivity index (χ3n) is 1.69. The van der Waals surface area contributed by atoms with E-state index >= 15 is 0 Å². The molecule has 0 saturated carbocycles. The molecule has 10 heavy (non-hydrogen) atoms. The Bertz CT molecular complexity index is 137. The maximum atomic E-state index is 10.4. The van der Waals surface area contributed by atoms with Crippen molar-refractivity contribution in [2.45, 2.75) is 12.5 Å². The summed E-state index contributed by atoms with van der Waals surface area (Å²) in [5.41, 5.74) is 10.6. The van der Waals surface area contributed by atoms with Crippen LogP contribution in [0.1, 0.15) is 6.42 Å². The van der Waals surface area contributed by atoms with Crippen LogP contribution in [0.5, 0.6) is 0 Å². The van der Waals surface area contributed by atoms with E-state index in [9.17, 15) is 4.79 Å². The van der Waals surface area contributed by atoms with Crippen LogP contribution < -0.4 is 11.5 Å². The van der Waals surface area contributed by atoms with Gasteiger partial charge < -0.3 is 11.5 Å². The lowest BCUT2D eigenvalue weighted by molar-refractivity contribution is -0.118. The van der Waals surface area contributed by atoms with Crippen molar-refractivity contribution in [2.24, 2.45) is 11.5 Å². The highest BCUT2D eigenvalue weighted by molar-refractivity contribution is 5.75. The molecular formula is C6H13N3O. The molecule has 4 N–H and O–H groups in total. The number of hydrogen-bond acceptors (Lipinski definition) is 3. The minimum Gasteiger partial charge on any atom is -0.369 e. The molecular weight excluding hydrogens is 130 g/mol. The lowest BCUT2D eigenvalue weighted by Gasteiger charge is -2.11. The van der Waals surface area contributed by atoms with Crippen LogP contribution in [0.15, 0.2) is 0 Å². The third kappa shape index (κ3) is 1.97. The summed E-state index contributed by atoms with van der Waals surface area (Å²) in [6.45, 7) is 2.07. The predicted molar refractivity (Wildman–Crippen MR) is 38.2 cm³/mol. The fourth-order valence-electron chi connectivity index (χ4n) is 1.23. The van der Waals surface area contributed by atoms with E-state index in [1.807, 2.05) is 4.90 Å².